The molecule has 2 aromatic rings. The highest BCUT2D eigenvalue weighted by Gasteiger charge is 2.07. The number of ether oxygens (including phenoxy) is 1. The fraction of sp³-hybridized carbons (Fsp3) is 0.0714. The topological polar surface area (TPSA) is 52.3 Å². The van der Waals surface area contributed by atoms with Crippen LogP contribution in [0, 0.1) is 5.82 Å². The standard InChI is InChI=1S/C14H11ClFNO2/c15-10-2-4-11(5-3-10)19-13-6-1-9(7-12(13)16)8-14(17)18/h1-7H,8H2,(H2,17,18). The molecule has 0 aliphatic rings. The highest BCUT2D eigenvalue weighted by Crippen LogP contribution is 2.26. The molecule has 0 aliphatic heterocycles. The SMILES string of the molecule is NC(=O)Cc1ccc(Oc2ccc(Cl)cc2)c(F)c1. The summed E-state index contributed by atoms with van der Waals surface area (Å²) in [5.41, 5.74) is 5.55. The Kier molecular flexibility index (Phi) is 4.02. The van der Waals surface area contributed by atoms with Crippen molar-refractivity contribution in [1.82, 2.24) is 0 Å². The van der Waals surface area contributed by atoms with E-state index in [0.717, 1.165) is 0 Å². The lowest BCUT2D eigenvalue weighted by atomic mass is 10.1. The Morgan fingerprint density at radius 2 is 1.89 bits per heavy atom. The molecule has 2 N–H and O–H groups in total. The number of halogens is 2. The predicted octanol–water partition coefficient (Wildman–Crippen LogP) is 3.30. The molecule has 0 spiro atoms. The first-order valence-corrected chi connectivity index (χ1v) is 5.92. The van der Waals surface area contributed by atoms with Crippen LogP contribution in [0.15, 0.2) is 42.5 Å². The fourth-order valence-electron chi connectivity index (χ4n) is 1.57. The van der Waals surface area contributed by atoms with Crippen molar-refractivity contribution in [2.24, 2.45) is 5.73 Å². The predicted molar refractivity (Wildman–Crippen MR) is 70.8 cm³/mol. The quantitative estimate of drug-likeness (QED) is 0.933. The first-order valence-electron chi connectivity index (χ1n) is 5.55. The van der Waals surface area contributed by atoms with Crippen molar-refractivity contribution >= 4 is 17.5 Å². The number of hydrogen-bond donors (Lipinski definition) is 1. The van der Waals surface area contributed by atoms with Gasteiger partial charge in [-0.3, -0.25) is 4.79 Å². The van der Waals surface area contributed by atoms with Crippen molar-refractivity contribution in [3.63, 3.8) is 0 Å². The van der Waals surface area contributed by atoms with E-state index in [1.807, 2.05) is 0 Å². The summed E-state index contributed by atoms with van der Waals surface area (Å²) in [6.45, 7) is 0. The highest BCUT2D eigenvalue weighted by atomic mass is 35.5. The van der Waals surface area contributed by atoms with Crippen molar-refractivity contribution in [3.8, 4) is 11.5 Å². The van der Waals surface area contributed by atoms with E-state index in [1.54, 1.807) is 30.3 Å². The summed E-state index contributed by atoms with van der Waals surface area (Å²) >= 11 is 5.74. The number of rotatable bonds is 4. The Morgan fingerprint density at radius 3 is 2.47 bits per heavy atom. The Morgan fingerprint density at radius 1 is 1.21 bits per heavy atom. The summed E-state index contributed by atoms with van der Waals surface area (Å²) in [7, 11) is 0. The van der Waals surface area contributed by atoms with Gasteiger partial charge in [0.15, 0.2) is 11.6 Å². The van der Waals surface area contributed by atoms with Gasteiger partial charge in [0, 0.05) is 5.02 Å². The van der Waals surface area contributed by atoms with Gasteiger partial charge in [-0.05, 0) is 42.0 Å². The fourth-order valence-corrected chi connectivity index (χ4v) is 1.69. The molecule has 0 aromatic heterocycles. The Bertz CT molecular complexity index is 599. The number of amides is 1. The maximum Gasteiger partial charge on any atom is 0.221 e. The minimum absolute atomic E-state index is 0.00184. The molecule has 2 aromatic carbocycles. The molecule has 0 unspecified atom stereocenters. The van der Waals surface area contributed by atoms with Crippen LogP contribution in [0.25, 0.3) is 0 Å². The van der Waals surface area contributed by atoms with Crippen LogP contribution in [0.4, 0.5) is 4.39 Å². The smallest absolute Gasteiger partial charge is 0.221 e. The first-order chi connectivity index (χ1) is 9.04. The van der Waals surface area contributed by atoms with Crippen LogP contribution < -0.4 is 10.5 Å². The average Bonchev–Trinajstić information content (AvgIpc) is 2.34. The maximum atomic E-state index is 13.8. The molecule has 0 saturated carbocycles. The van der Waals surface area contributed by atoms with Gasteiger partial charge in [-0.25, -0.2) is 4.39 Å². The van der Waals surface area contributed by atoms with Crippen molar-refractivity contribution in [3.05, 3.63) is 58.9 Å². The van der Waals surface area contributed by atoms with Gasteiger partial charge in [-0.15, -0.1) is 0 Å². The molecule has 0 radical (unpaired) electrons. The summed E-state index contributed by atoms with van der Waals surface area (Å²) in [6, 6.07) is 10.9. The molecular formula is C14H11ClFNO2. The molecule has 0 aliphatic carbocycles. The zero-order valence-electron chi connectivity index (χ0n) is 9.90. The Labute approximate surface area is 114 Å². The van der Waals surface area contributed by atoms with Crippen molar-refractivity contribution in [1.29, 1.82) is 0 Å². The van der Waals surface area contributed by atoms with Crippen molar-refractivity contribution < 1.29 is 13.9 Å². The Hall–Kier alpha value is -2.07. The molecule has 3 nitrogen and oxygen atoms in total. The van der Waals surface area contributed by atoms with Crippen LogP contribution >= 0.6 is 11.6 Å². The van der Waals surface area contributed by atoms with Crippen LogP contribution in [0.2, 0.25) is 5.02 Å². The molecular weight excluding hydrogens is 269 g/mol. The van der Waals surface area contributed by atoms with Gasteiger partial charge in [-0.2, -0.15) is 0 Å². The number of primary amides is 1. The molecule has 0 heterocycles. The second-order valence-corrected chi connectivity index (χ2v) is 4.40. The average molecular weight is 280 g/mol. The largest absolute Gasteiger partial charge is 0.454 e. The van der Waals surface area contributed by atoms with Gasteiger partial charge in [-0.1, -0.05) is 17.7 Å². The van der Waals surface area contributed by atoms with E-state index in [-0.39, 0.29) is 12.2 Å². The van der Waals surface area contributed by atoms with E-state index < -0.39 is 11.7 Å². The Balaban J connectivity index is 2.17. The third kappa shape index (κ3) is 3.69. The van der Waals surface area contributed by atoms with Crippen molar-refractivity contribution in [2.45, 2.75) is 6.42 Å². The van der Waals surface area contributed by atoms with E-state index in [4.69, 9.17) is 22.1 Å². The third-order valence-corrected chi connectivity index (χ3v) is 2.67. The normalized spacial score (nSPS) is 10.2. The summed E-state index contributed by atoms with van der Waals surface area (Å²) in [5, 5.41) is 0.574. The van der Waals surface area contributed by atoms with E-state index >= 15 is 0 Å². The van der Waals surface area contributed by atoms with Crippen LogP contribution in [-0.4, -0.2) is 5.91 Å². The summed E-state index contributed by atoms with van der Waals surface area (Å²) in [6.07, 6.45) is -0.00184. The van der Waals surface area contributed by atoms with Gasteiger partial charge in [0.2, 0.25) is 5.91 Å². The highest BCUT2D eigenvalue weighted by molar-refractivity contribution is 6.30. The zero-order valence-corrected chi connectivity index (χ0v) is 10.7. The number of carbonyl (C=O) groups excluding carboxylic acids is 1. The first kappa shape index (κ1) is 13.4. The van der Waals surface area contributed by atoms with E-state index in [1.165, 1.54) is 12.1 Å². The summed E-state index contributed by atoms with van der Waals surface area (Å²) in [4.78, 5) is 10.7. The van der Waals surface area contributed by atoms with E-state index in [9.17, 15) is 9.18 Å². The third-order valence-electron chi connectivity index (χ3n) is 2.42. The second-order valence-electron chi connectivity index (χ2n) is 3.96. The van der Waals surface area contributed by atoms with Gasteiger partial charge >= 0.3 is 0 Å². The zero-order chi connectivity index (χ0) is 13.8. The van der Waals surface area contributed by atoms with E-state index in [0.29, 0.717) is 16.3 Å². The number of nitrogens with two attached hydrogens (primary N) is 1. The van der Waals surface area contributed by atoms with Crippen LogP contribution in [0.3, 0.4) is 0 Å². The molecule has 5 heteroatoms. The van der Waals surface area contributed by atoms with Gasteiger partial charge < -0.3 is 10.5 Å². The minimum Gasteiger partial charge on any atom is -0.454 e. The lowest BCUT2D eigenvalue weighted by molar-refractivity contribution is -0.117. The maximum absolute atomic E-state index is 13.8. The molecule has 0 saturated heterocycles. The van der Waals surface area contributed by atoms with Crippen LogP contribution in [0.1, 0.15) is 5.56 Å². The number of hydrogen-bond acceptors (Lipinski definition) is 2. The number of benzene rings is 2. The molecule has 19 heavy (non-hydrogen) atoms. The molecule has 0 bridgehead atoms. The molecule has 0 atom stereocenters. The van der Waals surface area contributed by atoms with Gasteiger partial charge in [0.25, 0.3) is 0 Å². The van der Waals surface area contributed by atoms with Crippen molar-refractivity contribution in [2.75, 3.05) is 0 Å². The lowest BCUT2D eigenvalue weighted by Crippen LogP contribution is -2.13. The summed E-state index contributed by atoms with van der Waals surface area (Å²) in [5.74, 6) is -0.499. The molecule has 0 fully saturated rings. The lowest BCUT2D eigenvalue weighted by Gasteiger charge is -2.08. The minimum atomic E-state index is -0.548. The molecule has 98 valence electrons. The molecule has 2 rings (SSSR count). The van der Waals surface area contributed by atoms with Gasteiger partial charge in [0.05, 0.1) is 6.42 Å². The van der Waals surface area contributed by atoms with Crippen LogP contribution in [0.5, 0.6) is 11.5 Å². The summed E-state index contributed by atoms with van der Waals surface area (Å²) < 4.78 is 19.1. The second kappa shape index (κ2) is 5.71. The van der Waals surface area contributed by atoms with E-state index in [2.05, 4.69) is 0 Å². The monoisotopic (exact) mass is 279 g/mol. The molecule has 1 amide bonds. The number of carbonyl (C=O) groups is 1. The van der Waals surface area contributed by atoms with Crippen LogP contribution in [-0.2, 0) is 11.2 Å². The van der Waals surface area contributed by atoms with Gasteiger partial charge in [0.1, 0.15) is 5.75 Å².